The Hall–Kier alpha value is -1.65. The van der Waals surface area contributed by atoms with Crippen molar-refractivity contribution in [2.75, 3.05) is 0 Å². The summed E-state index contributed by atoms with van der Waals surface area (Å²) in [4.78, 5) is 35.8. The van der Waals surface area contributed by atoms with E-state index in [1.54, 1.807) is 6.92 Å². The van der Waals surface area contributed by atoms with Gasteiger partial charge in [-0.2, -0.15) is 0 Å². The third-order valence-electron chi connectivity index (χ3n) is 3.93. The maximum atomic E-state index is 12.2. The highest BCUT2D eigenvalue weighted by Crippen LogP contribution is 2.34. The molecule has 2 N–H and O–H groups in total. The van der Waals surface area contributed by atoms with Crippen LogP contribution in [0.2, 0.25) is 0 Å². The largest absolute Gasteiger partial charge is 0.480 e. The van der Waals surface area contributed by atoms with Gasteiger partial charge in [0.05, 0.1) is 5.57 Å². The summed E-state index contributed by atoms with van der Waals surface area (Å²) in [7, 11) is 0. The van der Waals surface area contributed by atoms with E-state index in [1.807, 2.05) is 27.7 Å². The number of aliphatic carboxylic acids is 1. The fourth-order valence-electron chi connectivity index (χ4n) is 2.77. The molecule has 0 radical (unpaired) electrons. The molecule has 124 valence electrons. The van der Waals surface area contributed by atoms with E-state index in [2.05, 4.69) is 5.32 Å². The predicted octanol–water partition coefficient (Wildman–Crippen LogP) is 2.70. The molecule has 0 aromatic rings. The van der Waals surface area contributed by atoms with Crippen LogP contribution in [0.15, 0.2) is 11.3 Å². The van der Waals surface area contributed by atoms with Crippen molar-refractivity contribution in [1.82, 2.24) is 5.32 Å². The summed E-state index contributed by atoms with van der Waals surface area (Å²) < 4.78 is 0. The van der Waals surface area contributed by atoms with Gasteiger partial charge in [0.15, 0.2) is 11.6 Å². The normalized spacial score (nSPS) is 19.3. The minimum atomic E-state index is -0.961. The number of rotatable bonds is 6. The van der Waals surface area contributed by atoms with Gasteiger partial charge < -0.3 is 10.4 Å². The van der Waals surface area contributed by atoms with Crippen molar-refractivity contribution in [3.05, 3.63) is 11.3 Å². The Bertz CT molecular complexity index is 481. The van der Waals surface area contributed by atoms with Crippen LogP contribution in [0, 0.1) is 11.3 Å². The summed E-state index contributed by atoms with van der Waals surface area (Å²) >= 11 is 0. The fourth-order valence-corrected chi connectivity index (χ4v) is 2.77. The van der Waals surface area contributed by atoms with Crippen LogP contribution in [-0.2, 0) is 14.4 Å². The molecule has 0 saturated heterocycles. The number of nitrogens with one attached hydrogen (secondary N) is 1. The van der Waals surface area contributed by atoms with E-state index in [9.17, 15) is 19.5 Å². The van der Waals surface area contributed by atoms with Gasteiger partial charge in [-0.25, -0.2) is 4.79 Å². The maximum absolute atomic E-state index is 12.2. The molecular weight excluding hydrogens is 282 g/mol. The molecule has 5 heteroatoms. The molecule has 0 aromatic carbocycles. The second-order valence-electron chi connectivity index (χ2n) is 7.37. The van der Waals surface area contributed by atoms with Gasteiger partial charge in [-0.1, -0.05) is 27.7 Å². The van der Waals surface area contributed by atoms with Crippen LogP contribution in [0.25, 0.3) is 0 Å². The highest BCUT2D eigenvalue weighted by molar-refractivity contribution is 6.22. The van der Waals surface area contributed by atoms with E-state index in [-0.39, 0.29) is 22.6 Å². The lowest BCUT2D eigenvalue weighted by molar-refractivity contribution is -0.139. The fraction of sp³-hybridized carbons (Fsp3) is 0.706. The van der Waals surface area contributed by atoms with Crippen LogP contribution in [0.1, 0.15) is 60.3 Å². The molecule has 1 fully saturated rings. The summed E-state index contributed by atoms with van der Waals surface area (Å²) in [6.07, 6.45) is 1.86. The molecule has 0 heterocycles. The van der Waals surface area contributed by atoms with E-state index in [0.29, 0.717) is 30.9 Å². The van der Waals surface area contributed by atoms with Gasteiger partial charge in [-0.15, -0.1) is 0 Å². The first-order valence-electron chi connectivity index (χ1n) is 7.80. The van der Waals surface area contributed by atoms with Crippen LogP contribution < -0.4 is 5.32 Å². The van der Waals surface area contributed by atoms with Gasteiger partial charge >= 0.3 is 5.97 Å². The summed E-state index contributed by atoms with van der Waals surface area (Å²) in [5, 5.41) is 12.2. The third-order valence-corrected chi connectivity index (χ3v) is 3.93. The van der Waals surface area contributed by atoms with Gasteiger partial charge in [0.2, 0.25) is 0 Å². The van der Waals surface area contributed by atoms with Crippen LogP contribution in [0.3, 0.4) is 0 Å². The Morgan fingerprint density at radius 1 is 1.18 bits per heavy atom. The second-order valence-corrected chi connectivity index (χ2v) is 7.37. The first kappa shape index (κ1) is 18.4. The van der Waals surface area contributed by atoms with Crippen LogP contribution in [0.5, 0.6) is 0 Å². The number of Topliss-reactive ketones (excluding diaryl/α,β-unsaturated/α-hetero) is 2. The molecule has 1 atom stereocenters. The van der Waals surface area contributed by atoms with Gasteiger partial charge in [0.1, 0.15) is 6.04 Å². The number of hydrogen-bond acceptors (Lipinski definition) is 4. The first-order valence-corrected chi connectivity index (χ1v) is 7.80. The van der Waals surface area contributed by atoms with E-state index < -0.39 is 12.0 Å². The molecular formula is C17H27NO4. The Balaban J connectivity index is 2.91. The topological polar surface area (TPSA) is 83.5 Å². The van der Waals surface area contributed by atoms with Gasteiger partial charge in [-0.05, 0) is 31.1 Å². The quantitative estimate of drug-likeness (QED) is 0.582. The minimum Gasteiger partial charge on any atom is -0.480 e. The Morgan fingerprint density at radius 2 is 1.68 bits per heavy atom. The van der Waals surface area contributed by atoms with Crippen LogP contribution in [-0.4, -0.2) is 28.7 Å². The SMILES string of the molecule is CC(N[C@@H](CCC(C)C)C(=O)O)=C1C(=O)CC(C)(C)CC1=O. The Labute approximate surface area is 132 Å². The first-order chi connectivity index (χ1) is 10.0. The molecule has 0 bridgehead atoms. The number of carboxylic acid groups (broad SMARTS) is 1. The lowest BCUT2D eigenvalue weighted by Gasteiger charge is -2.30. The standard InChI is InChI=1S/C17H27NO4/c1-10(2)6-7-12(16(21)22)18-11(3)15-13(19)8-17(4,5)9-14(15)20/h10,12,18H,6-9H2,1-5H3,(H,21,22)/t12-/m0/s1. The van der Waals surface area contributed by atoms with Crippen molar-refractivity contribution in [3.8, 4) is 0 Å². The molecule has 1 aliphatic rings. The van der Waals surface area contributed by atoms with Gasteiger partial charge in [0, 0.05) is 18.5 Å². The third kappa shape index (κ3) is 4.97. The number of carbonyl (C=O) groups excluding carboxylic acids is 2. The van der Waals surface area contributed by atoms with Crippen LogP contribution >= 0.6 is 0 Å². The van der Waals surface area contributed by atoms with E-state index in [0.717, 1.165) is 6.42 Å². The molecule has 22 heavy (non-hydrogen) atoms. The number of carbonyl (C=O) groups is 3. The van der Waals surface area contributed by atoms with Crippen molar-refractivity contribution in [1.29, 1.82) is 0 Å². The predicted molar refractivity (Wildman–Crippen MR) is 84.4 cm³/mol. The monoisotopic (exact) mass is 309 g/mol. The summed E-state index contributed by atoms with van der Waals surface area (Å²) in [6.45, 7) is 9.46. The van der Waals surface area contributed by atoms with Crippen molar-refractivity contribution >= 4 is 17.5 Å². The number of hydrogen-bond donors (Lipinski definition) is 2. The van der Waals surface area contributed by atoms with Crippen molar-refractivity contribution < 1.29 is 19.5 Å². The number of ketones is 2. The molecule has 0 aromatic heterocycles. The van der Waals surface area contributed by atoms with E-state index in [1.165, 1.54) is 0 Å². The van der Waals surface area contributed by atoms with Crippen molar-refractivity contribution in [3.63, 3.8) is 0 Å². The van der Waals surface area contributed by atoms with Gasteiger partial charge in [-0.3, -0.25) is 9.59 Å². The Morgan fingerprint density at radius 3 is 2.09 bits per heavy atom. The van der Waals surface area contributed by atoms with Gasteiger partial charge in [0.25, 0.3) is 0 Å². The van der Waals surface area contributed by atoms with Crippen LogP contribution in [0.4, 0.5) is 0 Å². The maximum Gasteiger partial charge on any atom is 0.326 e. The number of allylic oxidation sites excluding steroid dienone is 2. The average Bonchev–Trinajstić information content (AvgIpc) is 2.30. The second kappa shape index (κ2) is 7.07. The molecule has 1 rings (SSSR count). The number of carboxylic acids is 1. The van der Waals surface area contributed by atoms with E-state index in [4.69, 9.17) is 0 Å². The highest BCUT2D eigenvalue weighted by atomic mass is 16.4. The van der Waals surface area contributed by atoms with Crippen molar-refractivity contribution in [2.24, 2.45) is 11.3 Å². The van der Waals surface area contributed by atoms with E-state index >= 15 is 0 Å². The molecule has 0 aliphatic heterocycles. The summed E-state index contributed by atoms with van der Waals surface area (Å²) in [6, 6.07) is -0.773. The molecule has 0 amide bonds. The average molecular weight is 309 g/mol. The lowest BCUT2D eigenvalue weighted by atomic mass is 9.73. The highest BCUT2D eigenvalue weighted by Gasteiger charge is 2.37. The molecule has 0 unspecified atom stereocenters. The minimum absolute atomic E-state index is 0.148. The smallest absolute Gasteiger partial charge is 0.326 e. The molecule has 1 aliphatic carbocycles. The zero-order valence-corrected chi connectivity index (χ0v) is 14.2. The zero-order chi connectivity index (χ0) is 17.1. The molecule has 1 saturated carbocycles. The lowest BCUT2D eigenvalue weighted by Crippen LogP contribution is -2.39. The van der Waals surface area contributed by atoms with Crippen molar-refractivity contribution in [2.45, 2.75) is 66.3 Å². The Kier molecular flexibility index (Phi) is 5.92. The molecule has 0 spiro atoms. The summed E-state index contributed by atoms with van der Waals surface area (Å²) in [5.41, 5.74) is 0.221. The zero-order valence-electron chi connectivity index (χ0n) is 14.2. The summed E-state index contributed by atoms with van der Waals surface area (Å²) in [5.74, 6) is -0.953. The molecule has 5 nitrogen and oxygen atoms in total.